The molecule has 2 rings (SSSR count). The molecule has 1 aliphatic heterocycles. The Morgan fingerprint density at radius 2 is 2.06 bits per heavy atom. The summed E-state index contributed by atoms with van der Waals surface area (Å²) >= 11 is 0. The van der Waals surface area contributed by atoms with Gasteiger partial charge in [-0.05, 0) is 18.3 Å². The van der Waals surface area contributed by atoms with E-state index in [9.17, 15) is 10.1 Å². The summed E-state index contributed by atoms with van der Waals surface area (Å²) in [5.41, 5.74) is 5.45. The van der Waals surface area contributed by atoms with Gasteiger partial charge in [0.1, 0.15) is 6.20 Å². The molecule has 7 nitrogen and oxygen atoms in total. The Morgan fingerprint density at radius 1 is 1.44 bits per heavy atom. The largest absolute Gasteiger partial charge is 0.368 e. The third-order valence-electron chi connectivity index (χ3n) is 3.13. The minimum absolute atomic E-state index is 0.0708. The van der Waals surface area contributed by atoms with E-state index in [2.05, 4.69) is 23.8 Å². The van der Waals surface area contributed by atoms with E-state index in [4.69, 9.17) is 5.73 Å². The molecule has 0 radical (unpaired) electrons. The summed E-state index contributed by atoms with van der Waals surface area (Å²) in [6.07, 6.45) is 2.31. The van der Waals surface area contributed by atoms with Gasteiger partial charge in [-0.25, -0.2) is 4.98 Å². The van der Waals surface area contributed by atoms with Crippen LogP contribution in [0.3, 0.4) is 0 Å². The lowest BCUT2D eigenvalue weighted by atomic mass is 9.92. The summed E-state index contributed by atoms with van der Waals surface area (Å²) in [7, 11) is 0. The van der Waals surface area contributed by atoms with Gasteiger partial charge in [0.15, 0.2) is 0 Å². The number of aromatic nitrogens is 2. The molecule has 0 amide bonds. The molecule has 0 saturated carbocycles. The molecule has 1 aliphatic rings. The molecule has 0 bridgehead atoms. The lowest BCUT2D eigenvalue weighted by Crippen LogP contribution is -2.39. The van der Waals surface area contributed by atoms with Crippen LogP contribution in [0.15, 0.2) is 6.20 Å². The smallest absolute Gasteiger partial charge is 0.329 e. The molecule has 1 saturated heterocycles. The fourth-order valence-electron chi connectivity index (χ4n) is 2.58. The number of anilines is 2. The summed E-state index contributed by atoms with van der Waals surface area (Å²) in [5.74, 6) is 1.39. The third-order valence-corrected chi connectivity index (χ3v) is 3.13. The van der Waals surface area contributed by atoms with E-state index in [1.807, 2.05) is 4.90 Å². The van der Waals surface area contributed by atoms with E-state index in [0.29, 0.717) is 17.7 Å². The monoisotopic (exact) mass is 251 g/mol. The van der Waals surface area contributed by atoms with Crippen molar-refractivity contribution in [2.45, 2.75) is 20.3 Å². The lowest BCUT2D eigenvalue weighted by Gasteiger charge is -2.35. The Morgan fingerprint density at radius 3 is 2.61 bits per heavy atom. The second kappa shape index (κ2) is 4.75. The molecule has 7 heteroatoms. The highest BCUT2D eigenvalue weighted by Crippen LogP contribution is 2.31. The van der Waals surface area contributed by atoms with Crippen molar-refractivity contribution in [1.82, 2.24) is 9.97 Å². The number of hydrogen-bond acceptors (Lipinski definition) is 6. The molecular weight excluding hydrogens is 234 g/mol. The van der Waals surface area contributed by atoms with Crippen LogP contribution >= 0.6 is 0 Å². The van der Waals surface area contributed by atoms with Gasteiger partial charge in [0.05, 0.1) is 4.92 Å². The van der Waals surface area contributed by atoms with Crippen LogP contribution in [0.2, 0.25) is 0 Å². The van der Waals surface area contributed by atoms with Crippen molar-refractivity contribution in [3.63, 3.8) is 0 Å². The summed E-state index contributed by atoms with van der Waals surface area (Å²) < 4.78 is 0. The molecule has 1 aromatic rings. The maximum absolute atomic E-state index is 11.0. The van der Waals surface area contributed by atoms with Gasteiger partial charge >= 0.3 is 5.69 Å². The van der Waals surface area contributed by atoms with Crippen molar-refractivity contribution in [3.8, 4) is 0 Å². The maximum Gasteiger partial charge on any atom is 0.329 e. The Kier molecular flexibility index (Phi) is 3.31. The molecule has 2 atom stereocenters. The molecule has 1 fully saturated rings. The van der Waals surface area contributed by atoms with Gasteiger partial charge in [-0.3, -0.25) is 10.1 Å². The second-order valence-corrected chi connectivity index (χ2v) is 5.05. The van der Waals surface area contributed by atoms with Crippen LogP contribution in [0, 0.1) is 22.0 Å². The maximum atomic E-state index is 11.0. The van der Waals surface area contributed by atoms with Crippen molar-refractivity contribution in [2.24, 2.45) is 11.8 Å². The van der Waals surface area contributed by atoms with Crippen LogP contribution < -0.4 is 10.6 Å². The second-order valence-electron chi connectivity index (χ2n) is 5.05. The molecule has 1 aromatic heterocycles. The van der Waals surface area contributed by atoms with Crippen molar-refractivity contribution in [3.05, 3.63) is 16.3 Å². The van der Waals surface area contributed by atoms with Crippen molar-refractivity contribution >= 4 is 17.5 Å². The predicted octanol–water partition coefficient (Wildman–Crippen LogP) is 1.45. The number of hydrogen-bond donors (Lipinski definition) is 1. The summed E-state index contributed by atoms with van der Waals surface area (Å²) in [6, 6.07) is 0. The molecule has 18 heavy (non-hydrogen) atoms. The third kappa shape index (κ3) is 2.49. The number of nitrogen functional groups attached to an aromatic ring is 1. The highest BCUT2D eigenvalue weighted by molar-refractivity contribution is 5.58. The molecule has 0 aliphatic carbocycles. The first-order valence-corrected chi connectivity index (χ1v) is 5.99. The topological polar surface area (TPSA) is 98.2 Å². The SMILES string of the molecule is CC1CC(C)CN(c2nc(N)ncc2[N+](=O)[O-])C1. The Labute approximate surface area is 105 Å². The Balaban J connectivity index is 2.36. The highest BCUT2D eigenvalue weighted by atomic mass is 16.6. The minimum atomic E-state index is -0.460. The van der Waals surface area contributed by atoms with Crippen LogP contribution in [0.4, 0.5) is 17.5 Å². The van der Waals surface area contributed by atoms with Crippen molar-refractivity contribution in [2.75, 3.05) is 23.7 Å². The van der Waals surface area contributed by atoms with Crippen LogP contribution in [-0.4, -0.2) is 28.0 Å². The van der Waals surface area contributed by atoms with Gasteiger partial charge in [-0.1, -0.05) is 13.8 Å². The van der Waals surface area contributed by atoms with Crippen LogP contribution in [-0.2, 0) is 0 Å². The van der Waals surface area contributed by atoms with E-state index < -0.39 is 4.92 Å². The van der Waals surface area contributed by atoms with Crippen LogP contribution in [0.5, 0.6) is 0 Å². The number of nitrogens with two attached hydrogens (primary N) is 1. The molecule has 0 aromatic carbocycles. The van der Waals surface area contributed by atoms with E-state index in [1.165, 1.54) is 6.20 Å². The fourth-order valence-corrected chi connectivity index (χ4v) is 2.58. The number of piperidine rings is 1. The Hall–Kier alpha value is -1.92. The quantitative estimate of drug-likeness (QED) is 0.631. The first kappa shape index (κ1) is 12.5. The minimum Gasteiger partial charge on any atom is -0.368 e. The Bertz CT molecular complexity index is 455. The zero-order valence-electron chi connectivity index (χ0n) is 10.5. The molecule has 2 unspecified atom stereocenters. The first-order valence-electron chi connectivity index (χ1n) is 5.99. The standard InChI is InChI=1S/C11H17N5O2/c1-7-3-8(2)6-15(5-7)10-9(16(17)18)4-13-11(12)14-10/h4,7-8H,3,5-6H2,1-2H3,(H2,12,13,14). The molecule has 0 spiro atoms. The molecule has 2 heterocycles. The lowest BCUT2D eigenvalue weighted by molar-refractivity contribution is -0.384. The summed E-state index contributed by atoms with van der Waals surface area (Å²) in [4.78, 5) is 20.2. The molecular formula is C11H17N5O2. The van der Waals surface area contributed by atoms with Crippen molar-refractivity contribution in [1.29, 1.82) is 0 Å². The highest BCUT2D eigenvalue weighted by Gasteiger charge is 2.28. The van der Waals surface area contributed by atoms with E-state index >= 15 is 0 Å². The van der Waals surface area contributed by atoms with Gasteiger partial charge < -0.3 is 10.6 Å². The van der Waals surface area contributed by atoms with Gasteiger partial charge in [0.25, 0.3) is 0 Å². The first-order chi connectivity index (χ1) is 8.47. The van der Waals surface area contributed by atoms with Gasteiger partial charge in [0, 0.05) is 13.1 Å². The summed E-state index contributed by atoms with van der Waals surface area (Å²) in [6.45, 7) is 5.81. The van der Waals surface area contributed by atoms with E-state index in [-0.39, 0.29) is 11.6 Å². The summed E-state index contributed by atoms with van der Waals surface area (Å²) in [5, 5.41) is 11.0. The van der Waals surface area contributed by atoms with Crippen LogP contribution in [0.25, 0.3) is 0 Å². The molecule has 2 N–H and O–H groups in total. The predicted molar refractivity (Wildman–Crippen MR) is 68.3 cm³/mol. The van der Waals surface area contributed by atoms with Gasteiger partial charge in [0.2, 0.25) is 11.8 Å². The molecule has 98 valence electrons. The fraction of sp³-hybridized carbons (Fsp3) is 0.636. The normalized spacial score (nSPS) is 24.0. The average Bonchev–Trinajstić information content (AvgIpc) is 2.27. The zero-order chi connectivity index (χ0) is 13.3. The van der Waals surface area contributed by atoms with Crippen LogP contribution in [0.1, 0.15) is 20.3 Å². The van der Waals surface area contributed by atoms with Crippen molar-refractivity contribution < 1.29 is 4.92 Å². The van der Waals surface area contributed by atoms with Gasteiger partial charge in [-0.15, -0.1) is 0 Å². The number of nitrogens with zero attached hydrogens (tertiary/aromatic N) is 4. The average molecular weight is 251 g/mol. The van der Waals surface area contributed by atoms with E-state index in [0.717, 1.165) is 19.5 Å². The number of rotatable bonds is 2. The number of nitro groups is 1. The van der Waals surface area contributed by atoms with E-state index in [1.54, 1.807) is 0 Å². The van der Waals surface area contributed by atoms with Gasteiger partial charge in [-0.2, -0.15) is 4.98 Å². The zero-order valence-corrected chi connectivity index (χ0v) is 10.5.